The van der Waals surface area contributed by atoms with Crippen LogP contribution in [0, 0.1) is 17.3 Å². The summed E-state index contributed by atoms with van der Waals surface area (Å²) in [7, 11) is 0. The summed E-state index contributed by atoms with van der Waals surface area (Å²) in [6.07, 6.45) is 1.21. The molecule has 0 radical (unpaired) electrons. The summed E-state index contributed by atoms with van der Waals surface area (Å²) >= 11 is 0. The largest absolute Gasteiger partial charge is 0.573 e. The monoisotopic (exact) mass is 499 g/mol. The van der Waals surface area contributed by atoms with Gasteiger partial charge in [0.15, 0.2) is 5.78 Å². The van der Waals surface area contributed by atoms with E-state index in [1.54, 1.807) is 12.1 Å². The van der Waals surface area contributed by atoms with Crippen molar-refractivity contribution in [1.82, 2.24) is 9.55 Å². The number of benzene rings is 2. The maximum Gasteiger partial charge on any atom is 0.573 e. The van der Waals surface area contributed by atoms with Crippen molar-refractivity contribution in [3.05, 3.63) is 48.0 Å². The Morgan fingerprint density at radius 3 is 2.50 bits per heavy atom. The Kier molecular flexibility index (Phi) is 6.25. The number of hydrogen-bond acceptors (Lipinski definition) is 4. The van der Waals surface area contributed by atoms with E-state index in [0.717, 1.165) is 43.1 Å². The molecule has 2 atom stereocenters. The van der Waals surface area contributed by atoms with Gasteiger partial charge >= 0.3 is 6.36 Å². The highest BCUT2D eigenvalue weighted by Gasteiger charge is 2.35. The molecule has 2 aromatic carbocycles. The topological polar surface area (TPSA) is 56.1 Å². The summed E-state index contributed by atoms with van der Waals surface area (Å²) in [5.41, 5.74) is 3.17. The Morgan fingerprint density at radius 1 is 1.14 bits per heavy atom. The van der Waals surface area contributed by atoms with Crippen LogP contribution in [-0.4, -0.2) is 21.7 Å². The maximum absolute atomic E-state index is 12.9. The van der Waals surface area contributed by atoms with Crippen molar-refractivity contribution in [3.8, 4) is 5.75 Å². The summed E-state index contributed by atoms with van der Waals surface area (Å²) in [5, 5.41) is 3.31. The van der Waals surface area contributed by atoms with E-state index < -0.39 is 6.36 Å². The number of carbonyl (C=O) groups excluding carboxylic acids is 1. The van der Waals surface area contributed by atoms with E-state index in [2.05, 4.69) is 35.4 Å². The van der Waals surface area contributed by atoms with Crippen LogP contribution < -0.4 is 10.1 Å². The number of carbonyl (C=O) groups is 1. The minimum atomic E-state index is -4.73. The first-order valence-corrected chi connectivity index (χ1v) is 12.6. The molecule has 192 valence electrons. The SMILES string of the molecule is C[C@H]1C[C@@H](n2c(Nc3ccc(OC(F)(F)F)cc3)nc3ccc(C(=O)CC4CC4)cc32)CC(C)(C)C1. The van der Waals surface area contributed by atoms with E-state index >= 15 is 0 Å². The maximum atomic E-state index is 12.9. The summed E-state index contributed by atoms with van der Waals surface area (Å²) in [6.45, 7) is 6.84. The lowest BCUT2D eigenvalue weighted by molar-refractivity contribution is -0.274. The van der Waals surface area contributed by atoms with E-state index in [4.69, 9.17) is 4.98 Å². The molecule has 2 saturated carbocycles. The average molecular weight is 500 g/mol. The summed E-state index contributed by atoms with van der Waals surface area (Å²) in [6, 6.07) is 11.5. The van der Waals surface area contributed by atoms with Crippen LogP contribution in [0.15, 0.2) is 42.5 Å². The first kappa shape index (κ1) is 24.7. The van der Waals surface area contributed by atoms with Gasteiger partial charge in [0.05, 0.1) is 11.0 Å². The van der Waals surface area contributed by atoms with Crippen LogP contribution in [0.5, 0.6) is 5.75 Å². The van der Waals surface area contributed by atoms with Crippen molar-refractivity contribution in [2.45, 2.75) is 71.7 Å². The predicted molar refractivity (Wildman–Crippen MR) is 134 cm³/mol. The first-order valence-electron chi connectivity index (χ1n) is 12.6. The third-order valence-electron chi connectivity index (χ3n) is 7.26. The number of ketones is 1. The fraction of sp³-hybridized carbons (Fsp3) is 0.500. The average Bonchev–Trinajstić information content (AvgIpc) is 3.50. The molecule has 0 aliphatic heterocycles. The van der Waals surface area contributed by atoms with Gasteiger partial charge in [-0.3, -0.25) is 4.79 Å². The highest BCUT2D eigenvalue weighted by molar-refractivity contribution is 5.99. The van der Waals surface area contributed by atoms with Crippen molar-refractivity contribution in [1.29, 1.82) is 0 Å². The van der Waals surface area contributed by atoms with Gasteiger partial charge in [0.2, 0.25) is 5.95 Å². The summed E-state index contributed by atoms with van der Waals surface area (Å²) < 4.78 is 43.8. The molecule has 36 heavy (non-hydrogen) atoms. The van der Waals surface area contributed by atoms with E-state index in [1.165, 1.54) is 12.1 Å². The molecule has 3 aromatic rings. The third-order valence-corrected chi connectivity index (χ3v) is 7.26. The van der Waals surface area contributed by atoms with Gasteiger partial charge in [-0.15, -0.1) is 13.2 Å². The van der Waals surface area contributed by atoms with Crippen molar-refractivity contribution in [3.63, 3.8) is 0 Å². The number of Topliss-reactive ketones (excluding diaryl/α,β-unsaturated/α-hetero) is 1. The number of fused-ring (bicyclic) bond motifs is 1. The molecule has 0 saturated heterocycles. The second-order valence-corrected chi connectivity index (χ2v) is 11.3. The van der Waals surface area contributed by atoms with Gasteiger partial charge in [0, 0.05) is 23.7 Å². The number of nitrogens with zero attached hydrogens (tertiary/aromatic N) is 2. The van der Waals surface area contributed by atoms with Crippen LogP contribution >= 0.6 is 0 Å². The van der Waals surface area contributed by atoms with E-state index in [-0.39, 0.29) is 23.0 Å². The number of halogens is 3. The van der Waals surface area contributed by atoms with Gasteiger partial charge in [0.25, 0.3) is 0 Å². The molecule has 0 unspecified atom stereocenters. The van der Waals surface area contributed by atoms with Crippen LogP contribution in [0.3, 0.4) is 0 Å². The Balaban J connectivity index is 1.51. The second-order valence-electron chi connectivity index (χ2n) is 11.3. The van der Waals surface area contributed by atoms with Crippen LogP contribution in [0.1, 0.15) is 75.7 Å². The Bertz CT molecular complexity index is 1260. The van der Waals surface area contributed by atoms with Gasteiger partial charge in [-0.25, -0.2) is 4.98 Å². The lowest BCUT2D eigenvalue weighted by Gasteiger charge is -2.40. The normalized spacial score (nSPS) is 21.9. The highest BCUT2D eigenvalue weighted by Crippen LogP contribution is 2.46. The molecule has 8 heteroatoms. The zero-order chi connectivity index (χ0) is 25.7. The third kappa shape index (κ3) is 5.68. The smallest absolute Gasteiger partial charge is 0.406 e. The second kappa shape index (κ2) is 9.12. The molecule has 1 aromatic heterocycles. The molecular formula is C28H32F3N3O2. The quantitative estimate of drug-likeness (QED) is 0.334. The lowest BCUT2D eigenvalue weighted by atomic mass is 9.70. The molecule has 0 bridgehead atoms. The van der Waals surface area contributed by atoms with E-state index in [1.807, 2.05) is 18.2 Å². The number of nitrogens with one attached hydrogen (secondary N) is 1. The highest BCUT2D eigenvalue weighted by atomic mass is 19.4. The minimum Gasteiger partial charge on any atom is -0.406 e. The standard InChI is InChI=1S/C28H32F3N3O2/c1-17-12-21(16-27(2,3)15-17)34-24-14-19(25(35)13-18-4-5-18)6-11-23(24)33-26(34)32-20-7-9-22(10-8-20)36-28(29,30)31/h6-11,14,17-18,21H,4-5,12-13,15-16H2,1-3H3,(H,32,33)/t17-,21+/m0/s1. The zero-order valence-corrected chi connectivity index (χ0v) is 20.9. The van der Waals surface area contributed by atoms with Gasteiger partial charge in [-0.2, -0.15) is 0 Å². The summed E-state index contributed by atoms with van der Waals surface area (Å²) in [4.78, 5) is 17.7. The molecule has 0 amide bonds. The molecule has 2 aliphatic rings. The number of imidazole rings is 1. The van der Waals surface area contributed by atoms with Gasteiger partial charge < -0.3 is 14.6 Å². The number of hydrogen-bond donors (Lipinski definition) is 1. The van der Waals surface area contributed by atoms with Crippen LogP contribution in [-0.2, 0) is 0 Å². The van der Waals surface area contributed by atoms with Crippen LogP contribution in [0.2, 0.25) is 0 Å². The zero-order valence-electron chi connectivity index (χ0n) is 20.9. The Labute approximate surface area is 209 Å². The van der Waals surface area contributed by atoms with E-state index in [0.29, 0.717) is 35.5 Å². The molecule has 5 rings (SSSR count). The number of aromatic nitrogens is 2. The molecule has 1 heterocycles. The number of ether oxygens (including phenoxy) is 1. The molecule has 2 fully saturated rings. The van der Waals surface area contributed by atoms with E-state index in [9.17, 15) is 18.0 Å². The lowest BCUT2D eigenvalue weighted by Crippen LogP contribution is -2.29. The molecule has 2 aliphatic carbocycles. The van der Waals surface area contributed by atoms with Gasteiger partial charge in [-0.05, 0) is 91.8 Å². The molecule has 1 N–H and O–H groups in total. The molecule has 0 spiro atoms. The van der Waals surface area contributed by atoms with Gasteiger partial charge in [0.1, 0.15) is 5.75 Å². The summed E-state index contributed by atoms with van der Waals surface area (Å²) in [5.74, 6) is 1.56. The Morgan fingerprint density at radius 2 is 1.86 bits per heavy atom. The predicted octanol–water partition coefficient (Wildman–Crippen LogP) is 8.05. The van der Waals surface area contributed by atoms with Gasteiger partial charge in [-0.1, -0.05) is 20.8 Å². The minimum absolute atomic E-state index is 0.159. The number of anilines is 2. The van der Waals surface area contributed by atoms with Crippen LogP contribution in [0.25, 0.3) is 11.0 Å². The van der Waals surface area contributed by atoms with Crippen LogP contribution in [0.4, 0.5) is 24.8 Å². The number of alkyl halides is 3. The molecular weight excluding hydrogens is 467 g/mol. The van der Waals surface area contributed by atoms with Crippen molar-refractivity contribution < 1.29 is 22.7 Å². The molecule has 5 nitrogen and oxygen atoms in total. The fourth-order valence-corrected chi connectivity index (χ4v) is 5.79. The number of rotatable bonds is 7. The Hall–Kier alpha value is -3.03. The fourth-order valence-electron chi connectivity index (χ4n) is 5.79. The first-order chi connectivity index (χ1) is 17.0. The van der Waals surface area contributed by atoms with Crippen molar-refractivity contribution in [2.75, 3.05) is 5.32 Å². The van der Waals surface area contributed by atoms with Crippen molar-refractivity contribution in [2.24, 2.45) is 17.3 Å². The van der Waals surface area contributed by atoms with Crippen molar-refractivity contribution >= 4 is 28.5 Å².